The molecule has 0 radical (unpaired) electrons. The van der Waals surface area contributed by atoms with Crippen LogP contribution in [0.4, 0.5) is 13.2 Å². The summed E-state index contributed by atoms with van der Waals surface area (Å²) in [6.45, 7) is 9.68. The number of fused-ring (bicyclic) bond motifs is 1. The molecule has 1 saturated heterocycles. The van der Waals surface area contributed by atoms with E-state index in [1.54, 1.807) is 32.6 Å². The van der Waals surface area contributed by atoms with Crippen LogP contribution in [0, 0.1) is 22.7 Å². The summed E-state index contributed by atoms with van der Waals surface area (Å²) in [5, 5.41) is 3.67. The zero-order valence-corrected chi connectivity index (χ0v) is 41.4. The smallest absolute Gasteiger partial charge is 0.416 e. The van der Waals surface area contributed by atoms with Crippen molar-refractivity contribution < 1.29 is 51.3 Å². The molecule has 71 heavy (non-hydrogen) atoms. The number of halogens is 3. The fourth-order valence-corrected chi connectivity index (χ4v) is 10.9. The van der Waals surface area contributed by atoms with Crippen LogP contribution in [0.25, 0.3) is 0 Å². The van der Waals surface area contributed by atoms with E-state index in [9.17, 15) is 32.3 Å². The normalized spacial score (nSPS) is 23.0. The van der Waals surface area contributed by atoms with Gasteiger partial charge in [0.2, 0.25) is 5.91 Å². The first-order chi connectivity index (χ1) is 34.2. The van der Waals surface area contributed by atoms with Crippen LogP contribution < -0.4 is 5.32 Å². The van der Waals surface area contributed by atoms with Crippen LogP contribution in [-0.4, -0.2) is 85.5 Å². The van der Waals surface area contributed by atoms with Crippen LogP contribution in [0.5, 0.6) is 0 Å². The van der Waals surface area contributed by atoms with Crippen molar-refractivity contribution in [1.29, 1.82) is 0 Å². The summed E-state index contributed by atoms with van der Waals surface area (Å²) in [5.74, 6) is -2.55. The minimum Gasteiger partial charge on any atom is -0.466 e. The molecular weight excluding hydrogens is 912 g/mol. The standard InChI is InChI=1S/C31H33NO4.C26H35F3N2O4/c1-3-35-29(33)23(2)31(30(34)36-22-24-13-7-4-8-14-24)20-19-27(21-31)32-28(25-15-9-5-10-16-25)26-17-11-6-12-18-26;1-3-35-23(32)17(2)25(10-6-22(15-25)30-21-8-12-34-13-9-21)24(33)31-11-7-18-4-5-20(26(27,28)29)14-19(18)16-31/h4-18,23,27H,3,19-22H2,1-2H3;4-5,14,17,21-22,30H,3,6-13,15-16H2,1-2H3/t23?,27-,31+;17?,22-,25+/m11/s1. The van der Waals surface area contributed by atoms with E-state index >= 15 is 0 Å². The largest absolute Gasteiger partial charge is 0.466 e. The first-order valence-electron chi connectivity index (χ1n) is 25.2. The van der Waals surface area contributed by atoms with Gasteiger partial charge in [0.05, 0.1) is 53.2 Å². The summed E-state index contributed by atoms with van der Waals surface area (Å²) < 4.78 is 61.7. The molecule has 0 bridgehead atoms. The minimum atomic E-state index is -4.44. The Morgan fingerprint density at radius 2 is 1.30 bits per heavy atom. The summed E-state index contributed by atoms with van der Waals surface area (Å²) in [5.41, 5.74) is 2.57. The van der Waals surface area contributed by atoms with Gasteiger partial charge in [0.25, 0.3) is 0 Å². The third-order valence-electron chi connectivity index (χ3n) is 15.0. The lowest BCUT2D eigenvalue weighted by atomic mass is 9.72. The SMILES string of the molecule is CCOC(=O)C(C)[C@]1(C(=O)N2CCc3ccc(C(F)(F)F)cc3C2)CC[C@@H](NC2CCOCC2)C1.CCOC(=O)C(C)[C@]1(C(=O)OCc2ccccc2)CC[C@@H](N=C(c2ccccc2)c2ccccc2)C1. The Balaban J connectivity index is 0.000000209. The van der Waals surface area contributed by atoms with Crippen molar-refractivity contribution in [2.75, 3.05) is 33.0 Å². The topological polar surface area (TPSA) is 133 Å². The molecule has 4 aromatic rings. The molecular formula is C57H68F3N3O8. The number of carbonyl (C=O) groups is 4. The van der Waals surface area contributed by atoms with E-state index in [1.165, 1.54) is 6.07 Å². The van der Waals surface area contributed by atoms with Gasteiger partial charge in [0, 0.05) is 49.5 Å². The number of aliphatic imine (C=N–C) groups is 1. The number of alkyl halides is 3. The maximum Gasteiger partial charge on any atom is 0.416 e. The van der Waals surface area contributed by atoms with E-state index in [0.29, 0.717) is 69.9 Å². The number of nitrogens with one attached hydrogen (secondary N) is 1. The fraction of sp³-hybridized carbons (Fsp3) is 0.491. The molecule has 3 fully saturated rings. The molecule has 0 spiro atoms. The van der Waals surface area contributed by atoms with Gasteiger partial charge in [-0.05, 0) is 100 Å². The number of nitrogens with zero attached hydrogens (tertiary/aromatic N) is 2. The van der Waals surface area contributed by atoms with Gasteiger partial charge in [-0.15, -0.1) is 0 Å². The Bertz CT molecular complexity index is 2410. The molecule has 1 N–H and O–H groups in total. The van der Waals surface area contributed by atoms with Crippen molar-refractivity contribution in [2.45, 2.75) is 123 Å². The Kier molecular flexibility index (Phi) is 17.9. The molecule has 6 atom stereocenters. The molecule has 11 nitrogen and oxygen atoms in total. The van der Waals surface area contributed by atoms with Crippen molar-refractivity contribution in [3.8, 4) is 0 Å². The number of benzene rings is 4. The fourth-order valence-electron chi connectivity index (χ4n) is 10.9. The summed E-state index contributed by atoms with van der Waals surface area (Å²) in [4.78, 5) is 60.1. The molecule has 2 aliphatic heterocycles. The minimum absolute atomic E-state index is 0.0906. The number of rotatable bonds is 15. The van der Waals surface area contributed by atoms with Crippen molar-refractivity contribution in [3.63, 3.8) is 0 Å². The van der Waals surface area contributed by atoms with Gasteiger partial charge >= 0.3 is 24.1 Å². The number of amides is 1. The second-order valence-corrected chi connectivity index (χ2v) is 19.4. The summed E-state index contributed by atoms with van der Waals surface area (Å²) in [6.07, 6.45) is 1.33. The molecule has 2 saturated carbocycles. The number of ether oxygens (including phenoxy) is 4. The van der Waals surface area contributed by atoms with Gasteiger partial charge in [-0.1, -0.05) is 111 Å². The number of hydrogen-bond donors (Lipinski definition) is 1. The molecule has 380 valence electrons. The van der Waals surface area contributed by atoms with Crippen LogP contribution in [-0.2, 0) is 63.9 Å². The van der Waals surface area contributed by atoms with E-state index in [4.69, 9.17) is 23.9 Å². The summed E-state index contributed by atoms with van der Waals surface area (Å²) >= 11 is 0. The van der Waals surface area contributed by atoms with E-state index in [0.717, 1.165) is 59.4 Å². The Morgan fingerprint density at radius 3 is 1.89 bits per heavy atom. The van der Waals surface area contributed by atoms with Gasteiger partial charge in [-0.2, -0.15) is 13.2 Å². The molecule has 4 aliphatic rings. The molecule has 0 aromatic heterocycles. The Hall–Kier alpha value is -5.86. The Morgan fingerprint density at radius 1 is 0.718 bits per heavy atom. The number of hydrogen-bond acceptors (Lipinski definition) is 10. The van der Waals surface area contributed by atoms with Crippen molar-refractivity contribution >= 4 is 29.5 Å². The molecule has 2 aliphatic carbocycles. The third kappa shape index (κ3) is 12.8. The average molecular weight is 980 g/mol. The first-order valence-corrected chi connectivity index (χ1v) is 25.2. The maximum absolute atomic E-state index is 14.1. The van der Waals surface area contributed by atoms with Crippen LogP contribution in [0.3, 0.4) is 0 Å². The van der Waals surface area contributed by atoms with E-state index in [2.05, 4.69) is 5.32 Å². The van der Waals surface area contributed by atoms with Gasteiger partial charge in [-0.25, -0.2) is 0 Å². The van der Waals surface area contributed by atoms with E-state index in [-0.39, 0.29) is 56.3 Å². The zero-order valence-electron chi connectivity index (χ0n) is 41.4. The lowest BCUT2D eigenvalue weighted by molar-refractivity contribution is -0.169. The predicted octanol–water partition coefficient (Wildman–Crippen LogP) is 10.1. The number of carbonyl (C=O) groups excluding carboxylic acids is 4. The van der Waals surface area contributed by atoms with Crippen LogP contribution >= 0.6 is 0 Å². The van der Waals surface area contributed by atoms with Crippen LogP contribution in [0.15, 0.2) is 114 Å². The lowest BCUT2D eigenvalue weighted by Gasteiger charge is -2.40. The van der Waals surface area contributed by atoms with E-state index in [1.807, 2.05) is 91.0 Å². The van der Waals surface area contributed by atoms with Crippen LogP contribution in [0.2, 0.25) is 0 Å². The van der Waals surface area contributed by atoms with Crippen LogP contribution in [0.1, 0.15) is 112 Å². The monoisotopic (exact) mass is 979 g/mol. The van der Waals surface area contributed by atoms with Crippen molar-refractivity contribution in [3.05, 3.63) is 143 Å². The van der Waals surface area contributed by atoms with Crippen molar-refractivity contribution in [1.82, 2.24) is 10.2 Å². The quantitative estimate of drug-likeness (QED) is 0.0702. The first kappa shape index (κ1) is 53.0. The molecule has 14 heteroatoms. The maximum atomic E-state index is 14.1. The summed E-state index contributed by atoms with van der Waals surface area (Å²) in [6, 6.07) is 33.8. The van der Waals surface area contributed by atoms with Gasteiger partial charge in [0.1, 0.15) is 6.61 Å². The van der Waals surface area contributed by atoms with Gasteiger partial charge in [-0.3, -0.25) is 24.2 Å². The van der Waals surface area contributed by atoms with Crippen molar-refractivity contribution in [2.24, 2.45) is 27.7 Å². The summed E-state index contributed by atoms with van der Waals surface area (Å²) in [7, 11) is 0. The highest BCUT2D eigenvalue weighted by Gasteiger charge is 2.55. The highest BCUT2D eigenvalue weighted by Crippen LogP contribution is 2.49. The highest BCUT2D eigenvalue weighted by molar-refractivity contribution is 6.13. The zero-order chi connectivity index (χ0) is 50.6. The van der Waals surface area contributed by atoms with Gasteiger partial charge in [0.15, 0.2) is 0 Å². The number of esters is 3. The second kappa shape index (κ2) is 24.0. The molecule has 4 aromatic carbocycles. The second-order valence-electron chi connectivity index (χ2n) is 19.4. The Labute approximate surface area is 415 Å². The highest BCUT2D eigenvalue weighted by atomic mass is 19.4. The molecule has 2 unspecified atom stereocenters. The molecule has 2 heterocycles. The lowest BCUT2D eigenvalue weighted by Crippen LogP contribution is -2.51. The predicted molar refractivity (Wildman–Crippen MR) is 264 cm³/mol. The van der Waals surface area contributed by atoms with Gasteiger partial charge < -0.3 is 29.2 Å². The molecule has 8 rings (SSSR count). The third-order valence-corrected chi connectivity index (χ3v) is 15.0. The molecule has 1 amide bonds. The van der Waals surface area contributed by atoms with E-state index < -0.39 is 40.4 Å². The average Bonchev–Trinajstić information content (AvgIpc) is 4.03.